The lowest BCUT2D eigenvalue weighted by molar-refractivity contribution is -0.144. The first kappa shape index (κ1) is 16.1. The van der Waals surface area contributed by atoms with Crippen LogP contribution >= 0.6 is 11.3 Å². The molecule has 1 atom stereocenters. The van der Waals surface area contributed by atoms with Crippen molar-refractivity contribution in [1.29, 1.82) is 0 Å². The fraction of sp³-hybridized carbons (Fsp3) is 0.500. The minimum atomic E-state index is -1.20. The SMILES string of the molecule is CCOC(=O)CC[C@H](NC(=O)c1csc(C)n1)C(=O)O. The van der Waals surface area contributed by atoms with Gasteiger partial charge in [0, 0.05) is 11.8 Å². The fourth-order valence-electron chi connectivity index (χ4n) is 1.45. The molecule has 1 aromatic rings. The third kappa shape index (κ3) is 4.96. The molecule has 7 nitrogen and oxygen atoms in total. The average molecular weight is 300 g/mol. The molecule has 0 unspecified atom stereocenters. The summed E-state index contributed by atoms with van der Waals surface area (Å²) in [5.41, 5.74) is 0.176. The highest BCUT2D eigenvalue weighted by atomic mass is 32.1. The summed E-state index contributed by atoms with van der Waals surface area (Å²) in [6, 6.07) is -1.14. The molecule has 0 aliphatic rings. The van der Waals surface area contributed by atoms with Crippen molar-refractivity contribution in [3.05, 3.63) is 16.1 Å². The van der Waals surface area contributed by atoms with Crippen LogP contribution in [-0.2, 0) is 14.3 Å². The minimum Gasteiger partial charge on any atom is -0.480 e. The van der Waals surface area contributed by atoms with E-state index in [9.17, 15) is 14.4 Å². The quantitative estimate of drug-likeness (QED) is 0.727. The zero-order valence-electron chi connectivity index (χ0n) is 11.2. The molecule has 20 heavy (non-hydrogen) atoms. The van der Waals surface area contributed by atoms with E-state index in [4.69, 9.17) is 9.84 Å². The first-order valence-corrected chi connectivity index (χ1v) is 6.93. The van der Waals surface area contributed by atoms with Crippen LogP contribution < -0.4 is 5.32 Å². The van der Waals surface area contributed by atoms with E-state index in [0.717, 1.165) is 0 Å². The van der Waals surface area contributed by atoms with E-state index < -0.39 is 23.9 Å². The number of thiazole rings is 1. The average Bonchev–Trinajstić information content (AvgIpc) is 2.81. The van der Waals surface area contributed by atoms with Crippen molar-refractivity contribution in [3.8, 4) is 0 Å². The zero-order valence-corrected chi connectivity index (χ0v) is 12.0. The maximum absolute atomic E-state index is 11.8. The molecule has 0 bridgehead atoms. The summed E-state index contributed by atoms with van der Waals surface area (Å²) >= 11 is 1.30. The molecule has 0 radical (unpaired) electrons. The van der Waals surface area contributed by atoms with Crippen molar-refractivity contribution in [2.45, 2.75) is 32.7 Å². The van der Waals surface area contributed by atoms with Gasteiger partial charge in [-0.3, -0.25) is 9.59 Å². The number of carbonyl (C=O) groups excluding carboxylic acids is 2. The molecular formula is C12H16N2O5S. The summed E-state index contributed by atoms with van der Waals surface area (Å²) in [4.78, 5) is 38.0. The minimum absolute atomic E-state index is 0.0248. The number of aromatic nitrogens is 1. The summed E-state index contributed by atoms with van der Waals surface area (Å²) in [6.07, 6.45) is -0.0930. The number of hydrogen-bond donors (Lipinski definition) is 2. The van der Waals surface area contributed by atoms with Crippen LogP contribution in [0.5, 0.6) is 0 Å². The third-order valence-electron chi connectivity index (χ3n) is 2.40. The number of hydrogen-bond acceptors (Lipinski definition) is 6. The Morgan fingerprint density at radius 2 is 2.20 bits per heavy atom. The number of nitrogens with one attached hydrogen (secondary N) is 1. The van der Waals surface area contributed by atoms with Crippen LogP contribution in [0.3, 0.4) is 0 Å². The van der Waals surface area contributed by atoms with Crippen LogP contribution in [0.25, 0.3) is 0 Å². The molecule has 1 amide bonds. The molecule has 1 heterocycles. The molecule has 0 fully saturated rings. The second-order valence-electron chi connectivity index (χ2n) is 3.96. The van der Waals surface area contributed by atoms with Gasteiger partial charge < -0.3 is 15.2 Å². The van der Waals surface area contributed by atoms with Crippen LogP contribution in [0.2, 0.25) is 0 Å². The van der Waals surface area contributed by atoms with Gasteiger partial charge in [-0.2, -0.15) is 0 Å². The highest BCUT2D eigenvalue weighted by molar-refractivity contribution is 7.09. The number of rotatable bonds is 7. The normalized spacial score (nSPS) is 11.7. The van der Waals surface area contributed by atoms with E-state index in [2.05, 4.69) is 10.3 Å². The second-order valence-corrected chi connectivity index (χ2v) is 5.02. The Morgan fingerprint density at radius 1 is 1.50 bits per heavy atom. The first-order valence-electron chi connectivity index (χ1n) is 6.05. The van der Waals surface area contributed by atoms with Gasteiger partial charge in [-0.1, -0.05) is 0 Å². The number of esters is 1. The third-order valence-corrected chi connectivity index (χ3v) is 3.17. The largest absolute Gasteiger partial charge is 0.480 e. The molecule has 2 N–H and O–H groups in total. The van der Waals surface area contributed by atoms with Gasteiger partial charge in [-0.05, 0) is 20.3 Å². The van der Waals surface area contributed by atoms with Crippen molar-refractivity contribution in [3.63, 3.8) is 0 Å². The lowest BCUT2D eigenvalue weighted by Gasteiger charge is -2.13. The van der Waals surface area contributed by atoms with E-state index in [1.807, 2.05) is 0 Å². The Morgan fingerprint density at radius 3 is 2.70 bits per heavy atom. The van der Waals surface area contributed by atoms with Gasteiger partial charge in [0.2, 0.25) is 0 Å². The van der Waals surface area contributed by atoms with Crippen molar-refractivity contribution in [1.82, 2.24) is 10.3 Å². The molecule has 1 rings (SSSR count). The molecule has 0 aromatic carbocycles. The number of aryl methyl sites for hydroxylation is 1. The summed E-state index contributed by atoms with van der Waals surface area (Å²) in [7, 11) is 0. The van der Waals surface area contributed by atoms with E-state index in [-0.39, 0.29) is 25.1 Å². The first-order chi connectivity index (χ1) is 9.43. The molecule has 8 heteroatoms. The van der Waals surface area contributed by atoms with E-state index in [1.165, 1.54) is 11.3 Å². The number of carboxylic acid groups (broad SMARTS) is 1. The Labute approximate surface area is 120 Å². The number of ether oxygens (including phenoxy) is 1. The van der Waals surface area contributed by atoms with Crippen LogP contribution in [-0.4, -0.2) is 40.6 Å². The van der Waals surface area contributed by atoms with Gasteiger partial charge in [0.1, 0.15) is 11.7 Å². The molecular weight excluding hydrogens is 284 g/mol. The smallest absolute Gasteiger partial charge is 0.326 e. The Bertz CT molecular complexity index is 500. The predicted octanol–water partition coefficient (Wildman–Crippen LogP) is 0.978. The Kier molecular flexibility index (Phi) is 6.10. The molecule has 1 aromatic heterocycles. The maximum Gasteiger partial charge on any atom is 0.326 e. The number of carboxylic acids is 1. The van der Waals surface area contributed by atoms with Crippen LogP contribution in [0.1, 0.15) is 35.3 Å². The summed E-state index contributed by atoms with van der Waals surface area (Å²) in [5.74, 6) is -2.25. The van der Waals surface area contributed by atoms with Crippen molar-refractivity contribution >= 4 is 29.2 Å². The Balaban J connectivity index is 2.57. The van der Waals surface area contributed by atoms with Gasteiger partial charge >= 0.3 is 11.9 Å². The standard InChI is InChI=1S/C12H16N2O5S/c1-3-19-10(15)5-4-8(12(17)18)14-11(16)9-6-20-7(2)13-9/h6,8H,3-5H2,1-2H3,(H,14,16)(H,17,18)/t8-/m0/s1. The van der Waals surface area contributed by atoms with Crippen LogP contribution in [0.15, 0.2) is 5.38 Å². The zero-order chi connectivity index (χ0) is 15.1. The maximum atomic E-state index is 11.8. The van der Waals surface area contributed by atoms with Crippen molar-refractivity contribution in [2.24, 2.45) is 0 Å². The molecule has 0 saturated carbocycles. The van der Waals surface area contributed by atoms with Gasteiger partial charge in [-0.25, -0.2) is 9.78 Å². The fourth-order valence-corrected chi connectivity index (χ4v) is 2.05. The summed E-state index contributed by atoms with van der Waals surface area (Å²) < 4.78 is 4.71. The molecule has 0 aliphatic carbocycles. The van der Waals surface area contributed by atoms with Gasteiger partial charge in [-0.15, -0.1) is 11.3 Å². The monoisotopic (exact) mass is 300 g/mol. The van der Waals surface area contributed by atoms with Crippen LogP contribution in [0, 0.1) is 6.92 Å². The number of nitrogens with zero attached hydrogens (tertiary/aromatic N) is 1. The lowest BCUT2D eigenvalue weighted by Crippen LogP contribution is -2.41. The highest BCUT2D eigenvalue weighted by Crippen LogP contribution is 2.09. The molecule has 0 saturated heterocycles. The number of carbonyl (C=O) groups is 3. The molecule has 0 aliphatic heterocycles. The number of aliphatic carboxylic acids is 1. The van der Waals surface area contributed by atoms with E-state index in [0.29, 0.717) is 5.01 Å². The summed E-state index contributed by atoms with van der Waals surface area (Å²) in [6.45, 7) is 3.65. The van der Waals surface area contributed by atoms with Crippen molar-refractivity contribution in [2.75, 3.05) is 6.61 Å². The van der Waals surface area contributed by atoms with E-state index in [1.54, 1.807) is 19.2 Å². The second kappa shape index (κ2) is 7.59. The van der Waals surface area contributed by atoms with Gasteiger partial charge in [0.05, 0.1) is 11.6 Å². The topological polar surface area (TPSA) is 106 Å². The predicted molar refractivity (Wildman–Crippen MR) is 71.6 cm³/mol. The molecule has 0 spiro atoms. The highest BCUT2D eigenvalue weighted by Gasteiger charge is 2.22. The van der Waals surface area contributed by atoms with Gasteiger partial charge in [0.15, 0.2) is 0 Å². The Hall–Kier alpha value is -1.96. The lowest BCUT2D eigenvalue weighted by atomic mass is 10.1. The summed E-state index contributed by atoms with van der Waals surface area (Å²) in [5, 5.41) is 13.6. The van der Waals surface area contributed by atoms with Crippen molar-refractivity contribution < 1.29 is 24.2 Å². The van der Waals surface area contributed by atoms with Crippen LogP contribution in [0.4, 0.5) is 0 Å². The van der Waals surface area contributed by atoms with E-state index >= 15 is 0 Å². The van der Waals surface area contributed by atoms with Gasteiger partial charge in [0.25, 0.3) is 5.91 Å². The molecule has 110 valence electrons. The number of amides is 1.